The van der Waals surface area contributed by atoms with Gasteiger partial charge < -0.3 is 5.32 Å². The summed E-state index contributed by atoms with van der Waals surface area (Å²) >= 11 is 7.71. The highest BCUT2D eigenvalue weighted by molar-refractivity contribution is 7.13. The molecule has 0 bridgehead atoms. The van der Waals surface area contributed by atoms with E-state index in [4.69, 9.17) is 16.6 Å². The molecule has 4 rings (SSSR count). The maximum Gasteiger partial charge on any atom is 0.237 e. The van der Waals surface area contributed by atoms with Crippen LogP contribution in [0.15, 0.2) is 60.5 Å². The number of hydrogen-bond acceptors (Lipinski definition) is 5. The van der Waals surface area contributed by atoms with E-state index in [0.29, 0.717) is 11.0 Å². The minimum absolute atomic E-state index is 0. The molecule has 3 aromatic heterocycles. The van der Waals surface area contributed by atoms with E-state index >= 15 is 0 Å². The van der Waals surface area contributed by atoms with Gasteiger partial charge in [0, 0.05) is 34.9 Å². The van der Waals surface area contributed by atoms with Gasteiger partial charge in [-0.1, -0.05) is 29.8 Å². The Kier molecular flexibility index (Phi) is 5.56. The lowest BCUT2D eigenvalue weighted by atomic mass is 10.0. The second kappa shape index (κ2) is 7.86. The van der Waals surface area contributed by atoms with Crippen LogP contribution in [0.1, 0.15) is 0 Å². The smallest absolute Gasteiger partial charge is 0.237 e. The van der Waals surface area contributed by atoms with Crippen LogP contribution < -0.4 is 5.32 Å². The first-order valence-electron chi connectivity index (χ1n) is 7.64. The molecule has 0 saturated carbocycles. The number of aromatic nitrogens is 4. The molecule has 26 heavy (non-hydrogen) atoms. The zero-order chi connectivity index (χ0) is 17.2. The topological polar surface area (TPSA) is 55.6 Å². The van der Waals surface area contributed by atoms with Crippen molar-refractivity contribution in [3.05, 3.63) is 65.5 Å². The monoisotopic (exact) mass is 403 g/mol. The lowest BCUT2D eigenvalue weighted by Crippen LogP contribution is -2.06. The number of halogens is 2. The predicted octanol–water partition coefficient (Wildman–Crippen LogP) is 5.17. The van der Waals surface area contributed by atoms with Crippen molar-refractivity contribution in [1.82, 2.24) is 19.5 Å². The number of thiophene rings is 1. The first kappa shape index (κ1) is 18.4. The maximum atomic E-state index is 6.05. The zero-order valence-electron chi connectivity index (χ0n) is 13.8. The van der Waals surface area contributed by atoms with Crippen molar-refractivity contribution in [2.75, 3.05) is 12.4 Å². The van der Waals surface area contributed by atoms with Crippen molar-refractivity contribution in [2.45, 2.75) is 0 Å². The van der Waals surface area contributed by atoms with Crippen LogP contribution in [0.4, 0.5) is 5.82 Å². The third-order valence-corrected chi connectivity index (χ3v) is 4.89. The summed E-state index contributed by atoms with van der Waals surface area (Å²) in [5, 5.41) is 5.94. The van der Waals surface area contributed by atoms with Gasteiger partial charge in [-0.25, -0.2) is 9.97 Å². The molecular weight excluding hydrogens is 389 g/mol. The fraction of sp³-hybridized carbons (Fsp3) is 0.0556. The predicted molar refractivity (Wildman–Crippen MR) is 110 cm³/mol. The summed E-state index contributed by atoms with van der Waals surface area (Å²) in [5.41, 5.74) is 2.80. The van der Waals surface area contributed by atoms with Crippen LogP contribution in [0.2, 0.25) is 5.02 Å². The summed E-state index contributed by atoms with van der Waals surface area (Å²) < 4.78 is 1.79. The Morgan fingerprint density at radius 3 is 2.54 bits per heavy atom. The quantitative estimate of drug-likeness (QED) is 0.510. The van der Waals surface area contributed by atoms with Crippen LogP contribution in [-0.4, -0.2) is 26.6 Å². The van der Waals surface area contributed by atoms with Crippen LogP contribution in [0.3, 0.4) is 0 Å². The summed E-state index contributed by atoms with van der Waals surface area (Å²) in [5.74, 6) is 1.33. The number of nitrogens with zero attached hydrogens (tertiary/aromatic N) is 4. The molecule has 1 aromatic carbocycles. The molecule has 4 aromatic rings. The minimum Gasteiger partial charge on any atom is -0.372 e. The lowest BCUT2D eigenvalue weighted by molar-refractivity contribution is 0.931. The van der Waals surface area contributed by atoms with Crippen molar-refractivity contribution in [2.24, 2.45) is 0 Å². The first-order valence-corrected chi connectivity index (χ1v) is 8.90. The van der Waals surface area contributed by atoms with E-state index in [1.807, 2.05) is 49.0 Å². The average Bonchev–Trinajstić information content (AvgIpc) is 3.35. The van der Waals surface area contributed by atoms with Crippen LogP contribution in [0, 0.1) is 0 Å². The summed E-state index contributed by atoms with van der Waals surface area (Å²) in [6, 6.07) is 11.8. The number of imidazole rings is 1. The maximum absolute atomic E-state index is 6.05. The normalized spacial score (nSPS) is 10.4. The lowest BCUT2D eigenvalue weighted by Gasteiger charge is -2.14. The van der Waals surface area contributed by atoms with E-state index in [1.54, 1.807) is 28.4 Å². The van der Waals surface area contributed by atoms with Crippen molar-refractivity contribution in [1.29, 1.82) is 0 Å². The number of rotatable bonds is 4. The van der Waals surface area contributed by atoms with Gasteiger partial charge in [0.05, 0.1) is 11.3 Å². The molecule has 0 radical (unpaired) electrons. The van der Waals surface area contributed by atoms with Crippen LogP contribution in [-0.2, 0) is 0 Å². The molecule has 1 N–H and O–H groups in total. The second-order valence-electron chi connectivity index (χ2n) is 5.30. The summed E-state index contributed by atoms with van der Waals surface area (Å²) in [4.78, 5) is 14.7. The molecule has 0 unspecified atom stereocenters. The van der Waals surface area contributed by atoms with E-state index in [1.165, 1.54) is 0 Å². The first-order chi connectivity index (χ1) is 12.3. The third kappa shape index (κ3) is 3.44. The van der Waals surface area contributed by atoms with Crippen LogP contribution in [0.25, 0.3) is 27.6 Å². The van der Waals surface area contributed by atoms with Gasteiger partial charge in [-0.15, -0.1) is 23.7 Å². The summed E-state index contributed by atoms with van der Waals surface area (Å²) in [6.45, 7) is 0. The van der Waals surface area contributed by atoms with Gasteiger partial charge in [0.2, 0.25) is 5.95 Å². The molecule has 0 amide bonds. The molecule has 0 atom stereocenters. The Labute approximate surface area is 166 Å². The van der Waals surface area contributed by atoms with E-state index in [2.05, 4.69) is 21.4 Å². The minimum atomic E-state index is 0. The van der Waals surface area contributed by atoms with Gasteiger partial charge in [-0.3, -0.25) is 4.57 Å². The molecule has 8 heteroatoms. The van der Waals surface area contributed by atoms with Crippen molar-refractivity contribution >= 4 is 41.2 Å². The van der Waals surface area contributed by atoms with Gasteiger partial charge in [-0.2, -0.15) is 4.98 Å². The largest absolute Gasteiger partial charge is 0.372 e. The van der Waals surface area contributed by atoms with Gasteiger partial charge >= 0.3 is 0 Å². The third-order valence-electron chi connectivity index (χ3n) is 3.75. The van der Waals surface area contributed by atoms with Crippen molar-refractivity contribution in [3.8, 4) is 27.6 Å². The highest BCUT2D eigenvalue weighted by Crippen LogP contribution is 2.38. The average molecular weight is 404 g/mol. The fourth-order valence-corrected chi connectivity index (χ4v) is 3.49. The Hall–Kier alpha value is -2.41. The Morgan fingerprint density at radius 1 is 1.12 bits per heavy atom. The second-order valence-corrected chi connectivity index (χ2v) is 6.68. The van der Waals surface area contributed by atoms with Crippen LogP contribution in [0.5, 0.6) is 0 Å². The fourth-order valence-electron chi connectivity index (χ4n) is 2.59. The van der Waals surface area contributed by atoms with Gasteiger partial charge in [-0.05, 0) is 23.6 Å². The molecule has 0 fully saturated rings. The van der Waals surface area contributed by atoms with E-state index in [-0.39, 0.29) is 12.4 Å². The molecule has 0 spiro atoms. The Bertz CT molecular complexity index is 983. The molecule has 0 aliphatic carbocycles. The summed E-state index contributed by atoms with van der Waals surface area (Å²) in [7, 11) is 1.86. The standard InChI is InChI=1S/C18H14ClN5S.ClH/c1-20-17-15(14-3-2-10-25-14)16(12-4-6-13(19)7-5-12)22-18(23-17)24-9-8-21-11-24;/h2-11H,1H3,(H,20,22,23);1H. The molecule has 5 nitrogen and oxygen atoms in total. The van der Waals surface area contributed by atoms with E-state index in [0.717, 1.165) is 27.5 Å². The molecule has 0 aliphatic heterocycles. The molecule has 132 valence electrons. The highest BCUT2D eigenvalue weighted by Gasteiger charge is 2.18. The Balaban J connectivity index is 0.00000196. The van der Waals surface area contributed by atoms with Gasteiger partial charge in [0.15, 0.2) is 0 Å². The molecule has 0 aliphatic rings. The van der Waals surface area contributed by atoms with Crippen LogP contribution >= 0.6 is 35.3 Å². The highest BCUT2D eigenvalue weighted by atomic mass is 35.5. The van der Waals surface area contributed by atoms with Crippen molar-refractivity contribution in [3.63, 3.8) is 0 Å². The Morgan fingerprint density at radius 2 is 1.92 bits per heavy atom. The van der Waals surface area contributed by atoms with E-state index < -0.39 is 0 Å². The number of nitrogens with one attached hydrogen (secondary N) is 1. The van der Waals surface area contributed by atoms with Crippen molar-refractivity contribution < 1.29 is 0 Å². The van der Waals surface area contributed by atoms with Gasteiger partial charge in [0.1, 0.15) is 12.1 Å². The number of hydrogen-bond donors (Lipinski definition) is 1. The molecule has 0 saturated heterocycles. The molecule has 3 heterocycles. The SMILES string of the molecule is CNc1nc(-n2ccnc2)nc(-c2ccc(Cl)cc2)c1-c1cccs1.Cl. The zero-order valence-corrected chi connectivity index (χ0v) is 16.1. The van der Waals surface area contributed by atoms with Gasteiger partial charge in [0.25, 0.3) is 0 Å². The molecular formula is C18H15Cl2N5S. The summed E-state index contributed by atoms with van der Waals surface area (Å²) in [6.07, 6.45) is 5.22. The van der Waals surface area contributed by atoms with E-state index in [9.17, 15) is 0 Å². The number of anilines is 1. The number of benzene rings is 1.